The van der Waals surface area contributed by atoms with E-state index in [1.54, 1.807) is 11.3 Å². The Morgan fingerprint density at radius 3 is 3.00 bits per heavy atom. The number of thiazole rings is 1. The Bertz CT molecular complexity index is 337. The van der Waals surface area contributed by atoms with Crippen LogP contribution in [0.4, 0.5) is 0 Å². The molecule has 1 aliphatic rings. The van der Waals surface area contributed by atoms with Crippen LogP contribution < -0.4 is 10.6 Å². The first-order valence-corrected chi connectivity index (χ1v) is 6.85. The van der Waals surface area contributed by atoms with E-state index in [0.717, 1.165) is 31.5 Å². The molecule has 0 aromatic carbocycles. The van der Waals surface area contributed by atoms with Gasteiger partial charge in [-0.3, -0.25) is 0 Å². The van der Waals surface area contributed by atoms with Gasteiger partial charge in [-0.2, -0.15) is 0 Å². The Kier molecular flexibility index (Phi) is 3.95. The molecule has 0 spiro atoms. The molecular formula is C12H21N3S. The van der Waals surface area contributed by atoms with Crippen LogP contribution in [0.25, 0.3) is 0 Å². The topological polar surface area (TPSA) is 37.0 Å². The van der Waals surface area contributed by atoms with E-state index >= 15 is 0 Å². The van der Waals surface area contributed by atoms with Crippen molar-refractivity contribution in [1.29, 1.82) is 0 Å². The lowest BCUT2D eigenvalue weighted by Crippen LogP contribution is -2.29. The fourth-order valence-electron chi connectivity index (χ4n) is 2.13. The predicted octanol–water partition coefficient (Wildman–Crippen LogP) is 1.96. The van der Waals surface area contributed by atoms with Gasteiger partial charge in [-0.15, -0.1) is 11.3 Å². The molecule has 2 heterocycles. The summed E-state index contributed by atoms with van der Waals surface area (Å²) in [6, 6.07) is 0.381. The van der Waals surface area contributed by atoms with Gasteiger partial charge in [0.15, 0.2) is 0 Å². The third-order valence-corrected chi connectivity index (χ3v) is 4.47. The van der Waals surface area contributed by atoms with Crippen molar-refractivity contribution in [2.45, 2.75) is 26.8 Å². The highest BCUT2D eigenvalue weighted by Gasteiger charge is 2.23. The van der Waals surface area contributed by atoms with Crippen molar-refractivity contribution in [2.75, 3.05) is 19.6 Å². The molecule has 1 saturated heterocycles. The van der Waals surface area contributed by atoms with E-state index in [0.29, 0.717) is 6.04 Å². The summed E-state index contributed by atoms with van der Waals surface area (Å²) in [4.78, 5) is 5.71. The van der Waals surface area contributed by atoms with Gasteiger partial charge in [0.2, 0.25) is 0 Å². The molecule has 1 aliphatic heterocycles. The maximum atomic E-state index is 4.42. The highest BCUT2D eigenvalue weighted by molar-refractivity contribution is 7.11. The van der Waals surface area contributed by atoms with E-state index in [1.165, 1.54) is 9.88 Å². The van der Waals surface area contributed by atoms with Crippen LogP contribution in [0.2, 0.25) is 0 Å². The third kappa shape index (κ3) is 2.81. The average molecular weight is 239 g/mol. The van der Waals surface area contributed by atoms with Crippen molar-refractivity contribution in [1.82, 2.24) is 15.6 Å². The summed E-state index contributed by atoms with van der Waals surface area (Å²) in [7, 11) is 0. The molecular weight excluding hydrogens is 218 g/mol. The predicted molar refractivity (Wildman–Crippen MR) is 68.8 cm³/mol. The number of aromatic nitrogens is 1. The number of hydrogen-bond acceptors (Lipinski definition) is 4. The van der Waals surface area contributed by atoms with E-state index in [1.807, 2.05) is 6.20 Å². The number of nitrogens with zero attached hydrogens (tertiary/aromatic N) is 1. The molecule has 2 N–H and O–H groups in total. The van der Waals surface area contributed by atoms with E-state index in [-0.39, 0.29) is 0 Å². The van der Waals surface area contributed by atoms with Gasteiger partial charge >= 0.3 is 0 Å². The normalized spacial score (nSPS) is 27.2. The molecule has 0 saturated carbocycles. The molecule has 0 radical (unpaired) electrons. The summed E-state index contributed by atoms with van der Waals surface area (Å²) in [5.41, 5.74) is 0. The van der Waals surface area contributed by atoms with Gasteiger partial charge in [-0.25, -0.2) is 4.98 Å². The number of aryl methyl sites for hydroxylation is 1. The molecule has 0 bridgehead atoms. The minimum atomic E-state index is 0.381. The van der Waals surface area contributed by atoms with Crippen LogP contribution in [-0.4, -0.2) is 24.6 Å². The van der Waals surface area contributed by atoms with Gasteiger partial charge in [0.25, 0.3) is 0 Å². The number of nitrogens with one attached hydrogen (secondary N) is 2. The standard InChI is InChI=1S/C12H21N3S/c1-8-4-13-6-11(8)7-14-10(3)12-15-5-9(2)16-12/h5,8,10-11,13-14H,4,6-7H2,1-3H3. The van der Waals surface area contributed by atoms with Gasteiger partial charge in [0.05, 0.1) is 6.04 Å². The molecule has 1 aromatic heterocycles. The van der Waals surface area contributed by atoms with Crippen molar-refractivity contribution in [3.8, 4) is 0 Å². The van der Waals surface area contributed by atoms with E-state index < -0.39 is 0 Å². The van der Waals surface area contributed by atoms with Crippen LogP contribution in [0.3, 0.4) is 0 Å². The van der Waals surface area contributed by atoms with Crippen molar-refractivity contribution < 1.29 is 0 Å². The number of hydrogen-bond donors (Lipinski definition) is 2. The van der Waals surface area contributed by atoms with E-state index in [9.17, 15) is 0 Å². The molecule has 3 nitrogen and oxygen atoms in total. The summed E-state index contributed by atoms with van der Waals surface area (Å²) in [5, 5.41) is 8.23. The zero-order valence-corrected chi connectivity index (χ0v) is 11.1. The molecule has 4 heteroatoms. The molecule has 1 fully saturated rings. The molecule has 2 rings (SSSR count). The highest BCUT2D eigenvalue weighted by Crippen LogP contribution is 2.20. The van der Waals surface area contributed by atoms with Gasteiger partial charge in [0.1, 0.15) is 5.01 Å². The van der Waals surface area contributed by atoms with E-state index in [4.69, 9.17) is 0 Å². The summed E-state index contributed by atoms with van der Waals surface area (Å²) in [6.45, 7) is 10.0. The Balaban J connectivity index is 1.81. The molecule has 0 aliphatic carbocycles. The zero-order chi connectivity index (χ0) is 11.5. The van der Waals surface area contributed by atoms with Gasteiger partial charge in [-0.1, -0.05) is 6.92 Å². The van der Waals surface area contributed by atoms with Crippen molar-refractivity contribution >= 4 is 11.3 Å². The van der Waals surface area contributed by atoms with Crippen LogP contribution in [-0.2, 0) is 0 Å². The zero-order valence-electron chi connectivity index (χ0n) is 10.3. The fraction of sp³-hybridized carbons (Fsp3) is 0.750. The molecule has 16 heavy (non-hydrogen) atoms. The molecule has 3 unspecified atom stereocenters. The lowest BCUT2D eigenvalue weighted by atomic mass is 9.98. The lowest BCUT2D eigenvalue weighted by molar-refractivity contribution is 0.399. The Morgan fingerprint density at radius 2 is 2.44 bits per heavy atom. The van der Waals surface area contributed by atoms with Gasteiger partial charge in [0, 0.05) is 17.6 Å². The monoisotopic (exact) mass is 239 g/mol. The number of rotatable bonds is 4. The largest absolute Gasteiger partial charge is 0.316 e. The SMILES string of the molecule is Cc1cnc(C(C)NCC2CNCC2C)s1. The van der Waals surface area contributed by atoms with Crippen LogP contribution in [0.15, 0.2) is 6.20 Å². The Hall–Kier alpha value is -0.450. The summed E-state index contributed by atoms with van der Waals surface area (Å²) >= 11 is 1.79. The second-order valence-electron chi connectivity index (χ2n) is 4.83. The van der Waals surface area contributed by atoms with Crippen LogP contribution in [0.1, 0.15) is 29.8 Å². The second kappa shape index (κ2) is 5.25. The van der Waals surface area contributed by atoms with Crippen LogP contribution in [0, 0.1) is 18.8 Å². The Morgan fingerprint density at radius 1 is 1.62 bits per heavy atom. The molecule has 0 amide bonds. The van der Waals surface area contributed by atoms with Crippen molar-refractivity contribution in [2.24, 2.45) is 11.8 Å². The highest BCUT2D eigenvalue weighted by atomic mass is 32.1. The molecule has 3 atom stereocenters. The maximum Gasteiger partial charge on any atom is 0.109 e. The lowest BCUT2D eigenvalue weighted by Gasteiger charge is -2.18. The summed E-state index contributed by atoms with van der Waals surface area (Å²) < 4.78 is 0. The van der Waals surface area contributed by atoms with Gasteiger partial charge < -0.3 is 10.6 Å². The van der Waals surface area contributed by atoms with Crippen molar-refractivity contribution in [3.63, 3.8) is 0 Å². The Labute approximate surface area is 102 Å². The quantitative estimate of drug-likeness (QED) is 0.843. The maximum absolute atomic E-state index is 4.42. The van der Waals surface area contributed by atoms with Gasteiger partial charge in [-0.05, 0) is 38.8 Å². The minimum absolute atomic E-state index is 0.381. The second-order valence-corrected chi connectivity index (χ2v) is 6.10. The summed E-state index contributed by atoms with van der Waals surface area (Å²) in [5.74, 6) is 1.56. The van der Waals surface area contributed by atoms with Crippen LogP contribution in [0.5, 0.6) is 0 Å². The van der Waals surface area contributed by atoms with Crippen molar-refractivity contribution in [3.05, 3.63) is 16.1 Å². The minimum Gasteiger partial charge on any atom is -0.316 e. The molecule has 1 aromatic rings. The average Bonchev–Trinajstić information content (AvgIpc) is 2.84. The first-order valence-electron chi connectivity index (χ1n) is 6.03. The van der Waals surface area contributed by atoms with Crippen LogP contribution >= 0.6 is 11.3 Å². The first-order chi connectivity index (χ1) is 7.66. The summed E-state index contributed by atoms with van der Waals surface area (Å²) in [6.07, 6.45) is 1.96. The molecule has 90 valence electrons. The smallest absolute Gasteiger partial charge is 0.109 e. The third-order valence-electron chi connectivity index (χ3n) is 3.37. The first kappa shape index (κ1) is 12.0. The van der Waals surface area contributed by atoms with E-state index in [2.05, 4.69) is 36.4 Å². The fourth-order valence-corrected chi connectivity index (χ4v) is 2.93.